The summed E-state index contributed by atoms with van der Waals surface area (Å²) in [6, 6.07) is 7.60. The highest BCUT2D eigenvalue weighted by Gasteiger charge is 2.36. The molecule has 1 aliphatic rings. The fourth-order valence-electron chi connectivity index (χ4n) is 2.10. The molecule has 0 aliphatic carbocycles. The van der Waals surface area contributed by atoms with Crippen LogP contribution >= 0.6 is 0 Å². The topological polar surface area (TPSA) is 137 Å². The van der Waals surface area contributed by atoms with E-state index in [4.69, 9.17) is 11.5 Å². The number of non-ortho nitro benzene ring substituents is 1. The first-order chi connectivity index (χ1) is 9.50. The number of rotatable bonds is 2. The molecule has 1 aromatic heterocycles. The molecule has 2 aromatic rings. The zero-order valence-corrected chi connectivity index (χ0v) is 10.2. The first-order valence-corrected chi connectivity index (χ1v) is 5.71. The van der Waals surface area contributed by atoms with Gasteiger partial charge in [-0.2, -0.15) is 5.10 Å². The SMILES string of the molecule is NC1=NC(N)(c2cccc([N+](=O)[O-])c2)n2nccc2N1. The Labute approximate surface area is 113 Å². The monoisotopic (exact) mass is 273 g/mol. The summed E-state index contributed by atoms with van der Waals surface area (Å²) in [5.41, 5.74) is 12.3. The normalized spacial score (nSPS) is 20.8. The lowest BCUT2D eigenvalue weighted by molar-refractivity contribution is -0.385. The summed E-state index contributed by atoms with van der Waals surface area (Å²) in [4.78, 5) is 14.5. The summed E-state index contributed by atoms with van der Waals surface area (Å²) in [5.74, 6) is -0.737. The Morgan fingerprint density at radius 3 is 2.95 bits per heavy atom. The van der Waals surface area contributed by atoms with Crippen molar-refractivity contribution in [1.82, 2.24) is 9.78 Å². The van der Waals surface area contributed by atoms with Crippen molar-refractivity contribution in [2.24, 2.45) is 16.5 Å². The van der Waals surface area contributed by atoms with Crippen LogP contribution < -0.4 is 16.8 Å². The molecule has 0 spiro atoms. The number of nitrogens with zero attached hydrogens (tertiary/aromatic N) is 4. The number of benzene rings is 1. The minimum absolute atomic E-state index is 0.0756. The molecule has 2 heterocycles. The van der Waals surface area contributed by atoms with Crippen LogP contribution in [0.5, 0.6) is 0 Å². The number of guanidine groups is 1. The third-order valence-corrected chi connectivity index (χ3v) is 2.99. The van der Waals surface area contributed by atoms with Crippen molar-refractivity contribution in [3.8, 4) is 0 Å². The Bertz CT molecular complexity index is 723. The van der Waals surface area contributed by atoms with E-state index in [1.54, 1.807) is 18.2 Å². The van der Waals surface area contributed by atoms with E-state index < -0.39 is 10.7 Å². The standard InChI is InChI=1S/C11H11N7O2/c12-10-15-9-4-5-14-17(9)11(13,16-10)7-2-1-3-8(6-7)18(19)20/h1-6H,13H2,(H3,12,15,16). The van der Waals surface area contributed by atoms with Crippen LogP contribution in [0.2, 0.25) is 0 Å². The van der Waals surface area contributed by atoms with Crippen LogP contribution in [0.15, 0.2) is 41.5 Å². The van der Waals surface area contributed by atoms with E-state index in [1.165, 1.54) is 23.0 Å². The molecule has 0 bridgehead atoms. The lowest BCUT2D eigenvalue weighted by Gasteiger charge is -2.31. The molecule has 9 nitrogen and oxygen atoms in total. The van der Waals surface area contributed by atoms with Gasteiger partial charge in [-0.3, -0.25) is 15.8 Å². The molecular weight excluding hydrogens is 262 g/mol. The van der Waals surface area contributed by atoms with Crippen LogP contribution in [0.4, 0.5) is 11.5 Å². The zero-order chi connectivity index (χ0) is 14.3. The Morgan fingerprint density at radius 2 is 2.20 bits per heavy atom. The Morgan fingerprint density at radius 1 is 1.40 bits per heavy atom. The zero-order valence-electron chi connectivity index (χ0n) is 10.2. The van der Waals surface area contributed by atoms with Gasteiger partial charge in [0.05, 0.1) is 11.1 Å². The summed E-state index contributed by atoms with van der Waals surface area (Å²) >= 11 is 0. The smallest absolute Gasteiger partial charge is 0.269 e. The highest BCUT2D eigenvalue weighted by Crippen LogP contribution is 2.30. The summed E-state index contributed by atoms with van der Waals surface area (Å²) in [6.07, 6.45) is 1.54. The largest absolute Gasteiger partial charge is 0.370 e. The number of aromatic nitrogens is 2. The molecule has 0 saturated heterocycles. The third kappa shape index (κ3) is 1.68. The molecule has 1 atom stereocenters. The van der Waals surface area contributed by atoms with Crippen LogP contribution in [-0.4, -0.2) is 20.7 Å². The van der Waals surface area contributed by atoms with E-state index in [1.807, 2.05) is 0 Å². The first-order valence-electron chi connectivity index (χ1n) is 5.71. The van der Waals surface area contributed by atoms with Gasteiger partial charge in [-0.1, -0.05) is 12.1 Å². The minimum atomic E-state index is -1.42. The van der Waals surface area contributed by atoms with E-state index in [2.05, 4.69) is 15.4 Å². The van der Waals surface area contributed by atoms with Crippen LogP contribution in [0.1, 0.15) is 5.56 Å². The molecule has 0 radical (unpaired) electrons. The van der Waals surface area contributed by atoms with Crippen LogP contribution in [0.25, 0.3) is 0 Å². The number of nitro groups is 1. The minimum Gasteiger partial charge on any atom is -0.370 e. The van der Waals surface area contributed by atoms with Crippen molar-refractivity contribution in [2.75, 3.05) is 5.32 Å². The van der Waals surface area contributed by atoms with Gasteiger partial charge in [0, 0.05) is 23.8 Å². The van der Waals surface area contributed by atoms with Crippen molar-refractivity contribution in [1.29, 1.82) is 0 Å². The molecule has 1 unspecified atom stereocenters. The molecule has 20 heavy (non-hydrogen) atoms. The number of nitrogens with one attached hydrogen (secondary N) is 1. The van der Waals surface area contributed by atoms with Gasteiger partial charge in [-0.15, -0.1) is 0 Å². The Balaban J connectivity index is 2.19. The van der Waals surface area contributed by atoms with Crippen molar-refractivity contribution >= 4 is 17.5 Å². The molecule has 0 fully saturated rings. The quantitative estimate of drug-likeness (QED) is 0.526. The van der Waals surface area contributed by atoms with Crippen molar-refractivity contribution in [3.05, 3.63) is 52.2 Å². The Hall–Kier alpha value is -2.94. The highest BCUT2D eigenvalue weighted by molar-refractivity contribution is 5.93. The number of anilines is 1. The predicted octanol–water partition coefficient (Wildman–Crippen LogP) is 0.149. The van der Waals surface area contributed by atoms with Gasteiger partial charge < -0.3 is 11.1 Å². The fourth-order valence-corrected chi connectivity index (χ4v) is 2.10. The second-order valence-corrected chi connectivity index (χ2v) is 4.28. The lowest BCUT2D eigenvalue weighted by Crippen LogP contribution is -2.49. The number of fused-ring (bicyclic) bond motifs is 1. The van der Waals surface area contributed by atoms with E-state index in [0.29, 0.717) is 11.4 Å². The first kappa shape index (κ1) is 12.1. The Kier molecular flexibility index (Phi) is 2.44. The number of hydrogen-bond acceptors (Lipinski definition) is 7. The van der Waals surface area contributed by atoms with Crippen LogP contribution in [0, 0.1) is 10.1 Å². The van der Waals surface area contributed by atoms with Gasteiger partial charge in [0.15, 0.2) is 5.96 Å². The number of nitrogens with two attached hydrogens (primary N) is 2. The maximum absolute atomic E-state index is 10.9. The summed E-state index contributed by atoms with van der Waals surface area (Å²) in [7, 11) is 0. The molecule has 0 saturated carbocycles. The number of nitro benzene ring substituents is 1. The number of hydrogen-bond donors (Lipinski definition) is 3. The van der Waals surface area contributed by atoms with E-state index in [9.17, 15) is 10.1 Å². The summed E-state index contributed by atoms with van der Waals surface area (Å²) in [6.45, 7) is 0. The predicted molar refractivity (Wildman–Crippen MR) is 71.8 cm³/mol. The van der Waals surface area contributed by atoms with Gasteiger partial charge in [0.1, 0.15) is 5.82 Å². The second kappa shape index (κ2) is 4.03. The molecule has 0 amide bonds. The number of aliphatic imine (C=N–C) groups is 1. The fraction of sp³-hybridized carbons (Fsp3) is 0.0909. The summed E-state index contributed by atoms with van der Waals surface area (Å²) in [5, 5.41) is 17.8. The molecule has 3 rings (SSSR count). The molecule has 1 aromatic carbocycles. The molecular formula is C11H11N7O2. The second-order valence-electron chi connectivity index (χ2n) is 4.28. The molecule has 5 N–H and O–H groups in total. The maximum Gasteiger partial charge on any atom is 0.269 e. The maximum atomic E-state index is 10.9. The van der Waals surface area contributed by atoms with Gasteiger partial charge in [0.25, 0.3) is 5.69 Å². The molecule has 1 aliphatic heterocycles. The third-order valence-electron chi connectivity index (χ3n) is 2.99. The van der Waals surface area contributed by atoms with Gasteiger partial charge in [-0.25, -0.2) is 9.67 Å². The van der Waals surface area contributed by atoms with Gasteiger partial charge in [0.2, 0.25) is 5.79 Å². The van der Waals surface area contributed by atoms with Crippen molar-refractivity contribution in [2.45, 2.75) is 5.79 Å². The average Bonchev–Trinajstić information content (AvgIpc) is 2.87. The van der Waals surface area contributed by atoms with Crippen molar-refractivity contribution in [3.63, 3.8) is 0 Å². The average molecular weight is 273 g/mol. The molecule has 9 heteroatoms. The van der Waals surface area contributed by atoms with E-state index in [-0.39, 0.29) is 11.6 Å². The molecule has 102 valence electrons. The van der Waals surface area contributed by atoms with Crippen LogP contribution in [0.3, 0.4) is 0 Å². The van der Waals surface area contributed by atoms with Gasteiger partial charge >= 0.3 is 0 Å². The van der Waals surface area contributed by atoms with E-state index >= 15 is 0 Å². The lowest BCUT2D eigenvalue weighted by atomic mass is 10.1. The van der Waals surface area contributed by atoms with Gasteiger partial charge in [-0.05, 0) is 0 Å². The van der Waals surface area contributed by atoms with Crippen molar-refractivity contribution < 1.29 is 4.92 Å². The summed E-state index contributed by atoms with van der Waals surface area (Å²) < 4.78 is 1.42. The highest BCUT2D eigenvalue weighted by atomic mass is 16.6. The van der Waals surface area contributed by atoms with Crippen LogP contribution in [-0.2, 0) is 5.79 Å². The van der Waals surface area contributed by atoms with E-state index in [0.717, 1.165) is 0 Å².